The maximum absolute atomic E-state index is 12.1. The van der Waals surface area contributed by atoms with Gasteiger partial charge in [0, 0.05) is 19.6 Å². The largest absolute Gasteiger partial charge is 0.459 e. The molecule has 3 aromatic heterocycles. The first-order valence-electron chi connectivity index (χ1n) is 8.21. The van der Waals surface area contributed by atoms with E-state index in [4.69, 9.17) is 4.42 Å². The van der Waals surface area contributed by atoms with Gasteiger partial charge in [0.2, 0.25) is 5.95 Å². The molecule has 1 fully saturated rings. The standard InChI is InChI=1S/C16H18N6O3/c23-14-11-8-18-21-13(11)19-16(20-14)22-5-1-3-10(9-22)7-17-15(24)12-4-2-6-25-12/h2,4,6,8,10H,1,3,5,7,9H2,(H,17,24)(H2,18,19,20,21,23). The molecule has 0 aliphatic carbocycles. The lowest BCUT2D eigenvalue weighted by Crippen LogP contribution is -2.42. The molecule has 1 amide bonds. The zero-order chi connectivity index (χ0) is 17.2. The third kappa shape index (κ3) is 3.12. The van der Waals surface area contributed by atoms with Crippen LogP contribution in [-0.4, -0.2) is 45.7 Å². The van der Waals surface area contributed by atoms with E-state index < -0.39 is 0 Å². The summed E-state index contributed by atoms with van der Waals surface area (Å²) in [6.07, 6.45) is 4.91. The number of anilines is 1. The number of aromatic nitrogens is 4. The minimum Gasteiger partial charge on any atom is -0.459 e. The predicted octanol–water partition coefficient (Wildman–Crippen LogP) is 0.886. The second kappa shape index (κ2) is 6.42. The van der Waals surface area contributed by atoms with Crippen molar-refractivity contribution < 1.29 is 9.21 Å². The number of carbonyl (C=O) groups excluding carboxylic acids is 1. The van der Waals surface area contributed by atoms with Crippen molar-refractivity contribution in [1.29, 1.82) is 0 Å². The molecule has 3 N–H and O–H groups in total. The first kappa shape index (κ1) is 15.4. The first-order chi connectivity index (χ1) is 12.2. The molecular weight excluding hydrogens is 324 g/mol. The van der Waals surface area contributed by atoms with Crippen molar-refractivity contribution in [2.24, 2.45) is 5.92 Å². The van der Waals surface area contributed by atoms with Crippen LogP contribution in [0.3, 0.4) is 0 Å². The Balaban J connectivity index is 1.43. The molecule has 1 saturated heterocycles. The summed E-state index contributed by atoms with van der Waals surface area (Å²) < 4.78 is 5.09. The van der Waals surface area contributed by atoms with E-state index in [1.165, 1.54) is 12.5 Å². The summed E-state index contributed by atoms with van der Waals surface area (Å²) in [7, 11) is 0. The number of hydrogen-bond donors (Lipinski definition) is 3. The topological polar surface area (TPSA) is 120 Å². The summed E-state index contributed by atoms with van der Waals surface area (Å²) in [5.74, 6) is 0.898. The monoisotopic (exact) mass is 342 g/mol. The molecule has 0 spiro atoms. The van der Waals surface area contributed by atoms with Crippen molar-refractivity contribution in [1.82, 2.24) is 25.5 Å². The highest BCUT2D eigenvalue weighted by Gasteiger charge is 2.23. The zero-order valence-corrected chi connectivity index (χ0v) is 13.5. The minimum atomic E-state index is -0.215. The van der Waals surface area contributed by atoms with Crippen LogP contribution in [0.4, 0.5) is 5.95 Å². The molecule has 3 aromatic rings. The van der Waals surface area contributed by atoms with Crippen molar-refractivity contribution >= 4 is 22.9 Å². The maximum atomic E-state index is 12.1. The number of H-pyrrole nitrogens is 2. The summed E-state index contributed by atoms with van der Waals surface area (Å²) >= 11 is 0. The van der Waals surface area contributed by atoms with Crippen LogP contribution in [0.1, 0.15) is 23.4 Å². The number of hydrogen-bond acceptors (Lipinski definition) is 6. The normalized spacial score (nSPS) is 17.8. The van der Waals surface area contributed by atoms with Gasteiger partial charge in [-0.2, -0.15) is 10.1 Å². The van der Waals surface area contributed by atoms with Gasteiger partial charge in [-0.05, 0) is 30.9 Å². The predicted molar refractivity (Wildman–Crippen MR) is 90.5 cm³/mol. The van der Waals surface area contributed by atoms with Crippen molar-refractivity contribution in [2.45, 2.75) is 12.8 Å². The second-order valence-electron chi connectivity index (χ2n) is 6.16. The fourth-order valence-electron chi connectivity index (χ4n) is 3.14. The summed E-state index contributed by atoms with van der Waals surface area (Å²) in [5, 5.41) is 9.93. The van der Waals surface area contributed by atoms with Gasteiger partial charge in [-0.3, -0.25) is 19.7 Å². The van der Waals surface area contributed by atoms with E-state index in [1.54, 1.807) is 12.1 Å². The lowest BCUT2D eigenvalue weighted by molar-refractivity contribution is 0.0918. The quantitative estimate of drug-likeness (QED) is 0.647. The van der Waals surface area contributed by atoms with E-state index >= 15 is 0 Å². The Kier molecular flexibility index (Phi) is 3.96. The van der Waals surface area contributed by atoms with Gasteiger partial charge in [-0.15, -0.1) is 0 Å². The van der Waals surface area contributed by atoms with Crippen molar-refractivity contribution in [3.05, 3.63) is 40.7 Å². The van der Waals surface area contributed by atoms with Crippen LogP contribution in [0.5, 0.6) is 0 Å². The highest BCUT2D eigenvalue weighted by Crippen LogP contribution is 2.20. The molecule has 0 aromatic carbocycles. The number of nitrogens with zero attached hydrogens (tertiary/aromatic N) is 3. The van der Waals surface area contributed by atoms with Gasteiger partial charge in [-0.25, -0.2) is 0 Å². The summed E-state index contributed by atoms with van der Waals surface area (Å²) in [5.41, 5.74) is 0.272. The number of rotatable bonds is 4. The molecule has 25 heavy (non-hydrogen) atoms. The SMILES string of the molecule is O=C(NCC1CCCN(c2nc3[nH]ncc3c(=O)[nH]2)C1)c1ccco1. The molecule has 1 atom stereocenters. The Hall–Kier alpha value is -3.10. The lowest BCUT2D eigenvalue weighted by atomic mass is 9.98. The minimum absolute atomic E-state index is 0.206. The fourth-order valence-corrected chi connectivity index (χ4v) is 3.14. The van der Waals surface area contributed by atoms with E-state index in [0.717, 1.165) is 19.4 Å². The van der Waals surface area contributed by atoms with Gasteiger partial charge in [-0.1, -0.05) is 0 Å². The van der Waals surface area contributed by atoms with Gasteiger partial charge >= 0.3 is 0 Å². The molecule has 1 aliphatic rings. The van der Waals surface area contributed by atoms with Crippen LogP contribution in [0.15, 0.2) is 33.8 Å². The number of carbonyl (C=O) groups is 1. The average molecular weight is 342 g/mol. The van der Waals surface area contributed by atoms with Crippen LogP contribution in [0.2, 0.25) is 0 Å². The number of nitrogens with one attached hydrogen (secondary N) is 3. The number of aromatic amines is 2. The van der Waals surface area contributed by atoms with E-state index in [0.29, 0.717) is 35.8 Å². The van der Waals surface area contributed by atoms with Crippen molar-refractivity contribution in [3.8, 4) is 0 Å². The Bertz CT molecular complexity index is 929. The smallest absolute Gasteiger partial charge is 0.286 e. The van der Waals surface area contributed by atoms with E-state index in [1.807, 2.05) is 4.90 Å². The molecule has 0 radical (unpaired) electrons. The van der Waals surface area contributed by atoms with E-state index in [2.05, 4.69) is 25.5 Å². The Labute approximate surface area is 142 Å². The molecule has 9 nitrogen and oxygen atoms in total. The number of piperidine rings is 1. The molecule has 0 bridgehead atoms. The van der Waals surface area contributed by atoms with Crippen LogP contribution in [-0.2, 0) is 0 Å². The molecule has 4 heterocycles. The summed E-state index contributed by atoms with van der Waals surface area (Å²) in [6, 6.07) is 3.32. The van der Waals surface area contributed by atoms with Crippen LogP contribution < -0.4 is 15.8 Å². The number of furan rings is 1. The first-order valence-corrected chi connectivity index (χ1v) is 8.21. The summed E-state index contributed by atoms with van der Waals surface area (Å²) in [4.78, 5) is 33.3. The van der Waals surface area contributed by atoms with Crippen LogP contribution >= 0.6 is 0 Å². The Morgan fingerprint density at radius 3 is 3.24 bits per heavy atom. The Morgan fingerprint density at radius 1 is 1.48 bits per heavy atom. The third-order valence-corrected chi connectivity index (χ3v) is 4.42. The second-order valence-corrected chi connectivity index (χ2v) is 6.16. The highest BCUT2D eigenvalue weighted by molar-refractivity contribution is 5.91. The Morgan fingerprint density at radius 2 is 2.40 bits per heavy atom. The van der Waals surface area contributed by atoms with Gasteiger partial charge in [0.25, 0.3) is 11.5 Å². The van der Waals surface area contributed by atoms with Crippen LogP contribution in [0, 0.1) is 5.92 Å². The molecule has 130 valence electrons. The lowest BCUT2D eigenvalue weighted by Gasteiger charge is -2.33. The van der Waals surface area contributed by atoms with Gasteiger partial charge in [0.15, 0.2) is 11.4 Å². The van der Waals surface area contributed by atoms with Gasteiger partial charge in [0.1, 0.15) is 5.39 Å². The van der Waals surface area contributed by atoms with E-state index in [-0.39, 0.29) is 17.4 Å². The molecular formula is C16H18N6O3. The molecule has 1 unspecified atom stereocenters. The van der Waals surface area contributed by atoms with Crippen molar-refractivity contribution in [3.63, 3.8) is 0 Å². The molecule has 4 rings (SSSR count). The maximum Gasteiger partial charge on any atom is 0.286 e. The van der Waals surface area contributed by atoms with Crippen molar-refractivity contribution in [2.75, 3.05) is 24.5 Å². The van der Waals surface area contributed by atoms with Crippen LogP contribution in [0.25, 0.3) is 11.0 Å². The summed E-state index contributed by atoms with van der Waals surface area (Å²) in [6.45, 7) is 2.07. The number of fused-ring (bicyclic) bond motifs is 1. The molecule has 0 saturated carbocycles. The average Bonchev–Trinajstić information content (AvgIpc) is 3.31. The fraction of sp³-hybridized carbons (Fsp3) is 0.375. The van der Waals surface area contributed by atoms with E-state index in [9.17, 15) is 9.59 Å². The van der Waals surface area contributed by atoms with Gasteiger partial charge < -0.3 is 14.6 Å². The zero-order valence-electron chi connectivity index (χ0n) is 13.5. The molecule has 9 heteroatoms. The molecule has 1 aliphatic heterocycles. The third-order valence-electron chi connectivity index (χ3n) is 4.42. The highest BCUT2D eigenvalue weighted by atomic mass is 16.3. The number of amides is 1. The van der Waals surface area contributed by atoms with Gasteiger partial charge in [0.05, 0.1) is 12.5 Å².